The molecule has 0 aliphatic rings. The molecule has 0 aliphatic heterocycles. The van der Waals surface area contributed by atoms with Crippen LogP contribution in [-0.2, 0) is 7.05 Å². The fourth-order valence-corrected chi connectivity index (χ4v) is 2.83. The summed E-state index contributed by atoms with van der Waals surface area (Å²) in [4.78, 5) is 0. The largest absolute Gasteiger partial charge is 0.493 e. The van der Waals surface area contributed by atoms with Crippen LogP contribution in [0.15, 0.2) is 52.2 Å². The molecule has 0 fully saturated rings. The van der Waals surface area contributed by atoms with E-state index in [0.29, 0.717) is 6.61 Å². The second-order valence-corrected chi connectivity index (χ2v) is 5.83. The van der Waals surface area contributed by atoms with Crippen molar-refractivity contribution in [3.8, 4) is 17.1 Å². The average molecular weight is 315 g/mol. The summed E-state index contributed by atoms with van der Waals surface area (Å²) in [6.07, 6.45) is 1.67. The van der Waals surface area contributed by atoms with Crippen molar-refractivity contribution in [2.24, 2.45) is 7.05 Å². The molecule has 0 amide bonds. The number of ether oxygens (including phenoxy) is 1. The lowest BCUT2D eigenvalue weighted by molar-refractivity contribution is 0.344. The number of para-hydroxylation sites is 1. The molecule has 6 heteroatoms. The molecule has 114 valence electrons. The number of hydrogen-bond donors (Lipinski definition) is 0. The van der Waals surface area contributed by atoms with Crippen molar-refractivity contribution >= 4 is 11.8 Å². The Morgan fingerprint density at radius 2 is 2.00 bits per heavy atom. The Kier molecular flexibility index (Phi) is 4.48. The first-order valence-corrected chi connectivity index (χ1v) is 7.99. The molecule has 3 aromatic rings. The van der Waals surface area contributed by atoms with E-state index in [1.165, 1.54) is 0 Å². The first kappa shape index (κ1) is 14.7. The van der Waals surface area contributed by atoms with Crippen LogP contribution in [0.25, 0.3) is 11.4 Å². The third-order valence-corrected chi connectivity index (χ3v) is 4.25. The Hall–Kier alpha value is -2.21. The lowest BCUT2D eigenvalue weighted by atomic mass is 10.2. The third kappa shape index (κ3) is 3.17. The van der Waals surface area contributed by atoms with Crippen LogP contribution in [0.5, 0.6) is 5.75 Å². The van der Waals surface area contributed by atoms with Crippen LogP contribution in [0, 0.1) is 6.92 Å². The molecule has 0 saturated carbocycles. The summed E-state index contributed by atoms with van der Waals surface area (Å²) in [5.41, 5.74) is 0.974. The second-order valence-electron chi connectivity index (χ2n) is 4.77. The lowest BCUT2D eigenvalue weighted by Crippen LogP contribution is -2.02. The molecule has 0 bridgehead atoms. The minimum Gasteiger partial charge on any atom is -0.493 e. The SMILES string of the molecule is Cc1occc1-c1nnc(SCCOc2ccccc2)n1C. The van der Waals surface area contributed by atoms with Crippen molar-refractivity contribution in [1.82, 2.24) is 14.8 Å². The predicted octanol–water partition coefficient (Wildman–Crippen LogP) is 3.55. The zero-order valence-corrected chi connectivity index (χ0v) is 13.3. The van der Waals surface area contributed by atoms with Crippen LogP contribution in [-0.4, -0.2) is 27.1 Å². The summed E-state index contributed by atoms with van der Waals surface area (Å²) in [6, 6.07) is 11.7. The molecule has 0 unspecified atom stereocenters. The minimum atomic E-state index is 0.627. The zero-order valence-electron chi connectivity index (χ0n) is 12.5. The number of furan rings is 1. The molecule has 22 heavy (non-hydrogen) atoms. The van der Waals surface area contributed by atoms with Gasteiger partial charge in [-0.3, -0.25) is 0 Å². The van der Waals surface area contributed by atoms with Crippen LogP contribution in [0.3, 0.4) is 0 Å². The zero-order chi connectivity index (χ0) is 15.4. The van der Waals surface area contributed by atoms with Crippen LogP contribution in [0.1, 0.15) is 5.76 Å². The van der Waals surface area contributed by atoms with Gasteiger partial charge in [0.1, 0.15) is 11.5 Å². The molecular weight excluding hydrogens is 298 g/mol. The van der Waals surface area contributed by atoms with Crippen LogP contribution < -0.4 is 4.74 Å². The topological polar surface area (TPSA) is 53.1 Å². The average Bonchev–Trinajstić information content (AvgIpc) is 3.11. The summed E-state index contributed by atoms with van der Waals surface area (Å²) in [5.74, 6) is 3.36. The number of aryl methyl sites for hydroxylation is 1. The van der Waals surface area contributed by atoms with Crippen LogP contribution in [0.4, 0.5) is 0 Å². The Bertz CT molecular complexity index is 737. The molecular formula is C16H17N3O2S. The molecule has 0 radical (unpaired) electrons. The maximum atomic E-state index is 5.67. The van der Waals surface area contributed by atoms with E-state index in [-0.39, 0.29) is 0 Å². The van der Waals surface area contributed by atoms with Crippen molar-refractivity contribution < 1.29 is 9.15 Å². The molecule has 0 atom stereocenters. The van der Waals surface area contributed by atoms with Gasteiger partial charge in [0.05, 0.1) is 18.4 Å². The normalized spacial score (nSPS) is 10.8. The Balaban J connectivity index is 1.58. The van der Waals surface area contributed by atoms with E-state index in [9.17, 15) is 0 Å². The van der Waals surface area contributed by atoms with E-state index in [1.807, 2.05) is 54.9 Å². The minimum absolute atomic E-state index is 0.627. The van der Waals surface area contributed by atoms with Crippen LogP contribution >= 0.6 is 11.8 Å². The Labute approximate surface area is 133 Å². The smallest absolute Gasteiger partial charge is 0.191 e. The van der Waals surface area contributed by atoms with Crippen molar-refractivity contribution in [3.05, 3.63) is 48.4 Å². The fraction of sp³-hybridized carbons (Fsp3) is 0.250. The Morgan fingerprint density at radius 1 is 1.18 bits per heavy atom. The quantitative estimate of drug-likeness (QED) is 0.514. The number of rotatable bonds is 6. The van der Waals surface area contributed by atoms with E-state index in [0.717, 1.165) is 33.8 Å². The maximum absolute atomic E-state index is 5.67. The van der Waals surface area contributed by atoms with E-state index < -0.39 is 0 Å². The van der Waals surface area contributed by atoms with Gasteiger partial charge in [0, 0.05) is 12.8 Å². The number of thioether (sulfide) groups is 1. The van der Waals surface area contributed by atoms with Crippen LogP contribution in [0.2, 0.25) is 0 Å². The molecule has 2 aromatic heterocycles. The summed E-state index contributed by atoms with van der Waals surface area (Å²) < 4.78 is 13.0. The van der Waals surface area contributed by atoms with Gasteiger partial charge in [-0.25, -0.2) is 0 Å². The highest BCUT2D eigenvalue weighted by Crippen LogP contribution is 2.25. The number of hydrogen-bond acceptors (Lipinski definition) is 5. The summed E-state index contributed by atoms with van der Waals surface area (Å²) in [6.45, 7) is 2.55. The van der Waals surface area contributed by atoms with E-state index in [1.54, 1.807) is 18.0 Å². The van der Waals surface area contributed by atoms with Gasteiger partial charge in [0.2, 0.25) is 0 Å². The van der Waals surface area contributed by atoms with Gasteiger partial charge < -0.3 is 13.7 Å². The first-order valence-electron chi connectivity index (χ1n) is 7.00. The first-order chi connectivity index (χ1) is 10.8. The highest BCUT2D eigenvalue weighted by molar-refractivity contribution is 7.99. The van der Waals surface area contributed by atoms with Crippen molar-refractivity contribution in [1.29, 1.82) is 0 Å². The Morgan fingerprint density at radius 3 is 2.73 bits per heavy atom. The van der Waals surface area contributed by atoms with Gasteiger partial charge in [-0.2, -0.15) is 0 Å². The van der Waals surface area contributed by atoms with Gasteiger partial charge in [-0.05, 0) is 25.1 Å². The summed E-state index contributed by atoms with van der Waals surface area (Å²) >= 11 is 1.62. The molecule has 0 spiro atoms. The van der Waals surface area contributed by atoms with Gasteiger partial charge in [-0.1, -0.05) is 30.0 Å². The monoisotopic (exact) mass is 315 g/mol. The number of benzene rings is 1. The standard InChI is InChI=1S/C16H17N3O2S/c1-12-14(8-9-20-12)15-17-18-16(19(15)2)22-11-10-21-13-6-4-3-5-7-13/h3-9H,10-11H2,1-2H3. The van der Waals surface area contributed by atoms with Gasteiger partial charge >= 0.3 is 0 Å². The van der Waals surface area contributed by atoms with Gasteiger partial charge in [0.15, 0.2) is 11.0 Å². The lowest BCUT2D eigenvalue weighted by Gasteiger charge is -2.05. The summed E-state index contributed by atoms with van der Waals surface area (Å²) in [7, 11) is 1.96. The molecule has 0 saturated heterocycles. The van der Waals surface area contributed by atoms with Crippen molar-refractivity contribution in [2.45, 2.75) is 12.1 Å². The molecule has 0 N–H and O–H groups in total. The summed E-state index contributed by atoms with van der Waals surface area (Å²) in [5, 5.41) is 9.35. The molecule has 3 rings (SSSR count). The number of nitrogens with zero attached hydrogens (tertiary/aromatic N) is 3. The molecule has 2 heterocycles. The maximum Gasteiger partial charge on any atom is 0.191 e. The third-order valence-electron chi connectivity index (χ3n) is 3.26. The fourth-order valence-electron chi connectivity index (χ4n) is 2.10. The van der Waals surface area contributed by atoms with E-state index in [2.05, 4.69) is 10.2 Å². The van der Waals surface area contributed by atoms with E-state index >= 15 is 0 Å². The number of aromatic nitrogens is 3. The predicted molar refractivity (Wildman–Crippen MR) is 86.1 cm³/mol. The highest BCUT2D eigenvalue weighted by atomic mass is 32.2. The van der Waals surface area contributed by atoms with Crippen molar-refractivity contribution in [3.63, 3.8) is 0 Å². The molecule has 5 nitrogen and oxygen atoms in total. The highest BCUT2D eigenvalue weighted by Gasteiger charge is 2.14. The second kappa shape index (κ2) is 6.70. The van der Waals surface area contributed by atoms with Gasteiger partial charge in [0.25, 0.3) is 0 Å². The van der Waals surface area contributed by atoms with E-state index in [4.69, 9.17) is 9.15 Å². The van der Waals surface area contributed by atoms with Crippen molar-refractivity contribution in [2.75, 3.05) is 12.4 Å². The molecule has 1 aromatic carbocycles. The van der Waals surface area contributed by atoms with Gasteiger partial charge in [-0.15, -0.1) is 10.2 Å². The molecule has 0 aliphatic carbocycles.